The predicted molar refractivity (Wildman–Crippen MR) is 176 cm³/mol. The molecule has 0 saturated carbocycles. The zero-order chi connectivity index (χ0) is 35.9. The van der Waals surface area contributed by atoms with E-state index < -0.39 is 73.4 Å². The van der Waals surface area contributed by atoms with Gasteiger partial charge in [-0.2, -0.15) is 0 Å². The molecule has 4 aromatic rings. The van der Waals surface area contributed by atoms with Gasteiger partial charge >= 0.3 is 35.8 Å². The van der Waals surface area contributed by atoms with Gasteiger partial charge in [-0.3, -0.25) is 9.59 Å². The van der Waals surface area contributed by atoms with Crippen LogP contribution >= 0.6 is 0 Å². The molecule has 0 saturated heterocycles. The fourth-order valence-electron chi connectivity index (χ4n) is 4.67. The van der Waals surface area contributed by atoms with Gasteiger partial charge in [-0.1, -0.05) is 72.8 Å². The van der Waals surface area contributed by atoms with Crippen molar-refractivity contribution < 1.29 is 57.2 Å². The van der Waals surface area contributed by atoms with Crippen LogP contribution in [-0.4, -0.2) is 73.4 Å². The van der Waals surface area contributed by atoms with Crippen LogP contribution in [0.5, 0.6) is 0 Å². The van der Waals surface area contributed by atoms with E-state index in [0.29, 0.717) is 0 Å². The molecule has 258 valence electrons. The van der Waals surface area contributed by atoms with Crippen molar-refractivity contribution in [1.29, 1.82) is 0 Å². The summed E-state index contributed by atoms with van der Waals surface area (Å²) in [6.07, 6.45) is -6.83. The molecule has 4 rings (SSSR count). The third-order valence-electron chi connectivity index (χ3n) is 6.97. The summed E-state index contributed by atoms with van der Waals surface area (Å²) >= 11 is 0. The first kappa shape index (κ1) is 36.5. The van der Waals surface area contributed by atoms with Gasteiger partial charge in [-0.15, -0.1) is 0 Å². The third-order valence-corrected chi connectivity index (χ3v) is 6.97. The minimum absolute atomic E-state index is 0.0985. The van der Waals surface area contributed by atoms with Crippen molar-refractivity contribution in [3.8, 4) is 0 Å². The van der Waals surface area contributed by atoms with Gasteiger partial charge in [-0.25, -0.2) is 19.2 Å². The summed E-state index contributed by atoms with van der Waals surface area (Å²) in [6, 6.07) is 31.4. The first-order valence-corrected chi connectivity index (χ1v) is 15.4. The lowest BCUT2D eigenvalue weighted by Gasteiger charge is -2.35. The average molecular weight is 683 g/mol. The molecule has 0 spiro atoms. The lowest BCUT2D eigenvalue weighted by atomic mass is 10.0. The summed E-state index contributed by atoms with van der Waals surface area (Å²) < 4.78 is 33.7. The molecule has 0 fully saturated rings. The van der Waals surface area contributed by atoms with Crippen molar-refractivity contribution in [2.24, 2.45) is 0 Å². The Kier molecular flexibility index (Phi) is 13.4. The summed E-state index contributed by atoms with van der Waals surface area (Å²) in [6.45, 7) is 0.685. The molecular formula is C38H34O12. The van der Waals surface area contributed by atoms with Crippen LogP contribution in [0.15, 0.2) is 121 Å². The van der Waals surface area contributed by atoms with E-state index in [2.05, 4.69) is 0 Å². The molecule has 12 heteroatoms. The van der Waals surface area contributed by atoms with Crippen LogP contribution < -0.4 is 0 Å². The van der Waals surface area contributed by atoms with Crippen LogP contribution in [-0.2, 0) is 38.0 Å². The summed E-state index contributed by atoms with van der Waals surface area (Å²) in [5, 5.41) is 0. The molecule has 12 nitrogen and oxygen atoms in total. The van der Waals surface area contributed by atoms with Gasteiger partial charge in [0.2, 0.25) is 0 Å². The van der Waals surface area contributed by atoms with Crippen molar-refractivity contribution in [2.75, 3.05) is 13.2 Å². The van der Waals surface area contributed by atoms with E-state index in [1.54, 1.807) is 72.8 Å². The highest BCUT2D eigenvalue weighted by Crippen LogP contribution is 2.23. The van der Waals surface area contributed by atoms with E-state index in [4.69, 9.17) is 28.4 Å². The van der Waals surface area contributed by atoms with Crippen LogP contribution in [0.1, 0.15) is 55.3 Å². The zero-order valence-corrected chi connectivity index (χ0v) is 27.2. The second kappa shape index (κ2) is 18.3. The first-order valence-electron chi connectivity index (χ1n) is 15.4. The molecule has 0 aliphatic heterocycles. The number of ether oxygens (including phenoxy) is 6. The van der Waals surface area contributed by atoms with Crippen molar-refractivity contribution in [2.45, 2.75) is 38.3 Å². The molecule has 0 radical (unpaired) electrons. The molecule has 4 atom stereocenters. The molecule has 4 aromatic carbocycles. The van der Waals surface area contributed by atoms with Gasteiger partial charge in [0.1, 0.15) is 13.2 Å². The molecular weight excluding hydrogens is 648 g/mol. The molecule has 0 aromatic heterocycles. The molecule has 0 amide bonds. The van der Waals surface area contributed by atoms with E-state index in [-0.39, 0.29) is 22.3 Å². The van der Waals surface area contributed by atoms with Gasteiger partial charge in [0.25, 0.3) is 0 Å². The largest absolute Gasteiger partial charge is 0.458 e. The first-order chi connectivity index (χ1) is 24.1. The van der Waals surface area contributed by atoms with Crippen LogP contribution in [0.3, 0.4) is 0 Å². The van der Waals surface area contributed by atoms with Gasteiger partial charge in [0.05, 0.1) is 22.3 Å². The van der Waals surface area contributed by atoms with Crippen molar-refractivity contribution in [3.63, 3.8) is 0 Å². The quantitative estimate of drug-likeness (QED) is 0.122. The van der Waals surface area contributed by atoms with Gasteiger partial charge in [0.15, 0.2) is 24.4 Å². The number of carbonyl (C=O) groups is 6. The topological polar surface area (TPSA) is 158 Å². The fraction of sp³-hybridized carbons (Fsp3) is 0.211. The van der Waals surface area contributed by atoms with Crippen molar-refractivity contribution in [3.05, 3.63) is 144 Å². The second-order valence-electron chi connectivity index (χ2n) is 10.7. The number of hydrogen-bond donors (Lipinski definition) is 0. The Labute approximate surface area is 287 Å². The molecule has 0 aliphatic rings. The lowest BCUT2D eigenvalue weighted by molar-refractivity contribution is -0.191. The van der Waals surface area contributed by atoms with E-state index >= 15 is 0 Å². The Hall–Kier alpha value is -6.30. The Morgan fingerprint density at radius 1 is 0.400 bits per heavy atom. The number of benzene rings is 4. The molecule has 0 aliphatic carbocycles. The highest BCUT2D eigenvalue weighted by molar-refractivity contribution is 5.91. The van der Waals surface area contributed by atoms with Crippen LogP contribution in [0, 0.1) is 0 Å². The molecule has 0 N–H and O–H groups in total. The maximum Gasteiger partial charge on any atom is 0.338 e. The van der Waals surface area contributed by atoms with Crippen LogP contribution in [0.4, 0.5) is 0 Å². The maximum atomic E-state index is 13.3. The SMILES string of the molecule is CC(=O)OC(C(COC(=O)c1ccccc1)OC(=O)c1ccccc1)C(OC(C)=O)C(COC(=O)c1ccccc1)OC(=O)c1ccccc1. The number of rotatable bonds is 15. The van der Waals surface area contributed by atoms with Gasteiger partial charge in [0, 0.05) is 13.8 Å². The van der Waals surface area contributed by atoms with Crippen molar-refractivity contribution >= 4 is 35.8 Å². The van der Waals surface area contributed by atoms with Gasteiger partial charge in [-0.05, 0) is 48.5 Å². The summed E-state index contributed by atoms with van der Waals surface area (Å²) in [7, 11) is 0. The number of esters is 6. The predicted octanol–water partition coefficient (Wildman–Crippen LogP) is 5.02. The van der Waals surface area contributed by atoms with Crippen LogP contribution in [0.2, 0.25) is 0 Å². The second-order valence-corrected chi connectivity index (χ2v) is 10.7. The zero-order valence-electron chi connectivity index (χ0n) is 27.2. The molecule has 50 heavy (non-hydrogen) atoms. The standard InChI is InChI=1S/C38H34O12/c1-25(39)47-33(31(49-37(43)29-19-11-5-12-20-29)23-45-35(41)27-15-7-3-8-16-27)34(48-26(2)40)32(50-38(44)30-21-13-6-14-22-30)24-46-36(42)28-17-9-4-10-18-28/h3-22,31-34H,23-24H2,1-2H3. The smallest absolute Gasteiger partial charge is 0.338 e. The molecule has 0 heterocycles. The molecule has 0 bridgehead atoms. The summed E-state index contributed by atoms with van der Waals surface area (Å²) in [4.78, 5) is 77.8. The third kappa shape index (κ3) is 10.9. The van der Waals surface area contributed by atoms with E-state index in [0.717, 1.165) is 13.8 Å². The number of hydrogen-bond acceptors (Lipinski definition) is 12. The highest BCUT2D eigenvalue weighted by atomic mass is 16.6. The average Bonchev–Trinajstić information content (AvgIpc) is 3.14. The Morgan fingerprint density at radius 2 is 0.660 bits per heavy atom. The van der Waals surface area contributed by atoms with E-state index in [9.17, 15) is 28.8 Å². The number of carbonyl (C=O) groups excluding carboxylic acids is 6. The minimum atomic E-state index is -1.77. The van der Waals surface area contributed by atoms with Crippen molar-refractivity contribution in [1.82, 2.24) is 0 Å². The fourth-order valence-corrected chi connectivity index (χ4v) is 4.67. The Balaban J connectivity index is 1.74. The monoisotopic (exact) mass is 682 g/mol. The summed E-state index contributed by atoms with van der Waals surface area (Å²) in [5.74, 6) is -5.26. The Bertz CT molecular complexity index is 1610. The van der Waals surface area contributed by atoms with E-state index in [1.807, 2.05) is 0 Å². The normalized spacial score (nSPS) is 12.9. The minimum Gasteiger partial charge on any atom is -0.458 e. The Morgan fingerprint density at radius 3 is 0.920 bits per heavy atom. The van der Waals surface area contributed by atoms with Crippen LogP contribution in [0.25, 0.3) is 0 Å². The van der Waals surface area contributed by atoms with Gasteiger partial charge < -0.3 is 28.4 Å². The van der Waals surface area contributed by atoms with E-state index in [1.165, 1.54) is 48.5 Å². The molecule has 4 unspecified atom stereocenters. The lowest BCUT2D eigenvalue weighted by Crippen LogP contribution is -2.54. The summed E-state index contributed by atoms with van der Waals surface area (Å²) in [5.41, 5.74) is 0.537. The highest BCUT2D eigenvalue weighted by Gasteiger charge is 2.45. The maximum absolute atomic E-state index is 13.3.